The van der Waals surface area contributed by atoms with Crippen molar-refractivity contribution in [3.63, 3.8) is 0 Å². The van der Waals surface area contributed by atoms with Gasteiger partial charge in [0.2, 0.25) is 10.0 Å². The Morgan fingerprint density at radius 2 is 2.05 bits per heavy atom. The van der Waals surface area contributed by atoms with Gasteiger partial charge in [-0.1, -0.05) is 24.3 Å². The molecule has 0 bridgehead atoms. The first-order chi connectivity index (χ1) is 8.96. The van der Waals surface area contributed by atoms with Crippen LogP contribution in [0.4, 0.5) is 0 Å². The first-order valence-electron chi connectivity index (χ1n) is 6.24. The van der Waals surface area contributed by atoms with Crippen LogP contribution in [0, 0.1) is 0 Å². The Morgan fingerprint density at radius 1 is 1.37 bits per heavy atom. The van der Waals surface area contributed by atoms with Gasteiger partial charge in [0.25, 0.3) is 0 Å². The van der Waals surface area contributed by atoms with Gasteiger partial charge in [0.15, 0.2) is 0 Å². The normalized spacial score (nSPS) is 13.4. The van der Waals surface area contributed by atoms with Gasteiger partial charge >= 0.3 is 0 Å². The van der Waals surface area contributed by atoms with Crippen molar-refractivity contribution in [2.45, 2.75) is 32.3 Å². The van der Waals surface area contributed by atoms with Crippen molar-refractivity contribution in [1.29, 1.82) is 0 Å². The van der Waals surface area contributed by atoms with Crippen molar-refractivity contribution >= 4 is 10.0 Å². The van der Waals surface area contributed by atoms with Gasteiger partial charge in [-0.2, -0.15) is 0 Å². The molecule has 0 amide bonds. The Morgan fingerprint density at radius 3 is 2.68 bits per heavy atom. The third-order valence-electron chi connectivity index (χ3n) is 2.57. The summed E-state index contributed by atoms with van der Waals surface area (Å²) in [6.45, 7) is 4.41. The Labute approximate surface area is 114 Å². The molecule has 0 fully saturated rings. The molecule has 1 atom stereocenters. The summed E-state index contributed by atoms with van der Waals surface area (Å²) in [5.41, 5.74) is 1.36. The lowest BCUT2D eigenvalue weighted by atomic mass is 10.1. The van der Waals surface area contributed by atoms with E-state index in [1.54, 1.807) is 24.3 Å². The smallest absolute Gasteiger partial charge is 0.215 e. The number of rotatable bonds is 8. The van der Waals surface area contributed by atoms with Crippen molar-refractivity contribution in [2.24, 2.45) is 0 Å². The maximum absolute atomic E-state index is 11.9. The van der Waals surface area contributed by atoms with Crippen molar-refractivity contribution in [3.05, 3.63) is 35.4 Å². The third kappa shape index (κ3) is 6.15. The van der Waals surface area contributed by atoms with Crippen LogP contribution >= 0.6 is 0 Å². The van der Waals surface area contributed by atoms with Gasteiger partial charge < -0.3 is 9.84 Å². The fourth-order valence-corrected chi connectivity index (χ4v) is 2.89. The molecular formula is C13H21NO4S. The van der Waals surface area contributed by atoms with Crippen molar-refractivity contribution < 1.29 is 18.3 Å². The number of sulfonamides is 1. The monoisotopic (exact) mass is 287 g/mol. The largest absolute Gasteiger partial charge is 0.392 e. The molecule has 19 heavy (non-hydrogen) atoms. The molecule has 1 aromatic carbocycles. The quantitative estimate of drug-likeness (QED) is 0.748. The summed E-state index contributed by atoms with van der Waals surface area (Å²) in [7, 11) is -3.38. The van der Waals surface area contributed by atoms with Crippen LogP contribution in [-0.4, -0.2) is 32.8 Å². The fourth-order valence-electron chi connectivity index (χ4n) is 1.68. The fraction of sp³-hybridized carbons (Fsp3) is 0.538. The molecule has 6 heteroatoms. The predicted octanol–water partition coefficient (Wildman–Crippen LogP) is 1.02. The minimum atomic E-state index is -3.38. The van der Waals surface area contributed by atoms with Gasteiger partial charge in [-0.3, -0.25) is 0 Å². The highest BCUT2D eigenvalue weighted by atomic mass is 32.2. The van der Waals surface area contributed by atoms with Crippen molar-refractivity contribution in [3.8, 4) is 0 Å². The third-order valence-corrected chi connectivity index (χ3v) is 3.89. The molecule has 0 saturated heterocycles. The highest BCUT2D eigenvalue weighted by molar-refractivity contribution is 7.88. The Bertz CT molecular complexity index is 487. The maximum atomic E-state index is 11.9. The maximum Gasteiger partial charge on any atom is 0.215 e. The number of nitrogens with one attached hydrogen (secondary N) is 1. The standard InChI is InChI=1S/C13H21NO4S/c1-3-18-11(2)8-14-19(16,17)10-13-6-4-5-12(7-13)9-15/h4-7,11,14-15H,3,8-10H2,1-2H3. The molecule has 1 unspecified atom stereocenters. The minimum Gasteiger partial charge on any atom is -0.392 e. The van der Waals surface area contributed by atoms with Gasteiger partial charge in [-0.25, -0.2) is 13.1 Å². The lowest BCUT2D eigenvalue weighted by Gasteiger charge is -2.13. The average Bonchev–Trinajstić information content (AvgIpc) is 2.37. The lowest BCUT2D eigenvalue weighted by molar-refractivity contribution is 0.0799. The van der Waals surface area contributed by atoms with Crippen LogP contribution in [-0.2, 0) is 27.1 Å². The highest BCUT2D eigenvalue weighted by Gasteiger charge is 2.13. The van der Waals surface area contributed by atoms with E-state index < -0.39 is 10.0 Å². The molecule has 5 nitrogen and oxygen atoms in total. The van der Waals surface area contributed by atoms with E-state index in [4.69, 9.17) is 9.84 Å². The summed E-state index contributed by atoms with van der Waals surface area (Å²) < 4.78 is 31.5. The SMILES string of the molecule is CCOC(C)CNS(=O)(=O)Cc1cccc(CO)c1. The first kappa shape index (κ1) is 16.1. The highest BCUT2D eigenvalue weighted by Crippen LogP contribution is 2.08. The molecule has 0 aliphatic carbocycles. The number of aliphatic hydroxyl groups is 1. The lowest BCUT2D eigenvalue weighted by Crippen LogP contribution is -2.33. The van der Waals surface area contributed by atoms with Crippen molar-refractivity contribution in [1.82, 2.24) is 4.72 Å². The summed E-state index contributed by atoms with van der Waals surface area (Å²) in [5, 5.41) is 9.01. The van der Waals surface area contributed by atoms with E-state index in [1.807, 2.05) is 13.8 Å². The predicted molar refractivity (Wildman–Crippen MR) is 74.1 cm³/mol. The van der Waals surface area contributed by atoms with E-state index in [-0.39, 0.29) is 25.0 Å². The Kier molecular flexibility index (Phi) is 6.44. The average molecular weight is 287 g/mol. The summed E-state index contributed by atoms with van der Waals surface area (Å²) in [4.78, 5) is 0. The van der Waals surface area contributed by atoms with Gasteiger partial charge in [-0.15, -0.1) is 0 Å². The summed E-state index contributed by atoms with van der Waals surface area (Å²) >= 11 is 0. The molecule has 0 spiro atoms. The molecule has 0 aliphatic rings. The number of hydrogen-bond donors (Lipinski definition) is 2. The Balaban J connectivity index is 2.58. The number of hydrogen-bond acceptors (Lipinski definition) is 4. The molecule has 0 saturated carbocycles. The minimum absolute atomic E-state index is 0.0946. The topological polar surface area (TPSA) is 75.6 Å². The van der Waals surface area contributed by atoms with E-state index in [1.165, 1.54) is 0 Å². The van der Waals surface area contributed by atoms with E-state index in [2.05, 4.69) is 4.72 Å². The number of benzene rings is 1. The first-order valence-corrected chi connectivity index (χ1v) is 7.89. The van der Waals surface area contributed by atoms with Crippen LogP contribution in [0.1, 0.15) is 25.0 Å². The second-order valence-corrected chi connectivity index (χ2v) is 6.16. The van der Waals surface area contributed by atoms with Crippen LogP contribution in [0.25, 0.3) is 0 Å². The van der Waals surface area contributed by atoms with E-state index in [0.717, 1.165) is 0 Å². The van der Waals surface area contributed by atoms with Crippen molar-refractivity contribution in [2.75, 3.05) is 13.2 Å². The Hall–Kier alpha value is -0.950. The zero-order valence-corrected chi connectivity index (χ0v) is 12.1. The molecule has 0 aromatic heterocycles. The molecule has 0 radical (unpaired) electrons. The summed E-state index contributed by atoms with van der Waals surface area (Å²) in [6.07, 6.45) is -0.149. The van der Waals surface area contributed by atoms with Crippen LogP contribution in [0.2, 0.25) is 0 Å². The molecule has 2 N–H and O–H groups in total. The van der Waals surface area contributed by atoms with Crippen LogP contribution < -0.4 is 4.72 Å². The molecule has 108 valence electrons. The van der Waals surface area contributed by atoms with E-state index in [9.17, 15) is 8.42 Å². The van der Waals surface area contributed by atoms with E-state index in [0.29, 0.717) is 17.7 Å². The van der Waals surface area contributed by atoms with Gasteiger partial charge in [0, 0.05) is 13.2 Å². The summed E-state index contributed by atoms with van der Waals surface area (Å²) in [6, 6.07) is 6.90. The van der Waals surface area contributed by atoms with Gasteiger partial charge in [-0.05, 0) is 25.0 Å². The molecular weight excluding hydrogens is 266 g/mol. The van der Waals surface area contributed by atoms with Crippen LogP contribution in [0.15, 0.2) is 24.3 Å². The molecule has 1 rings (SSSR count). The van der Waals surface area contributed by atoms with Crippen LogP contribution in [0.3, 0.4) is 0 Å². The van der Waals surface area contributed by atoms with E-state index >= 15 is 0 Å². The van der Waals surface area contributed by atoms with Gasteiger partial charge in [0.05, 0.1) is 18.5 Å². The second-order valence-electron chi connectivity index (χ2n) is 4.35. The van der Waals surface area contributed by atoms with Gasteiger partial charge in [0.1, 0.15) is 0 Å². The molecule has 0 aliphatic heterocycles. The summed E-state index contributed by atoms with van der Waals surface area (Å²) in [5.74, 6) is -0.0975. The zero-order valence-electron chi connectivity index (χ0n) is 11.3. The molecule has 0 heterocycles. The zero-order chi connectivity index (χ0) is 14.3. The number of ether oxygens (including phenoxy) is 1. The second kappa shape index (κ2) is 7.59. The molecule has 1 aromatic rings. The van der Waals surface area contributed by atoms with Crippen LogP contribution in [0.5, 0.6) is 0 Å². The number of aliphatic hydroxyl groups excluding tert-OH is 1.